The summed E-state index contributed by atoms with van der Waals surface area (Å²) < 4.78 is 5.78. The van der Waals surface area contributed by atoms with Crippen molar-refractivity contribution in [3.05, 3.63) is 23.8 Å². The summed E-state index contributed by atoms with van der Waals surface area (Å²) in [6.45, 7) is 9.93. The van der Waals surface area contributed by atoms with E-state index in [2.05, 4.69) is 6.92 Å². The number of rotatable bonds is 2. The topological polar surface area (TPSA) is 104 Å². The molecule has 0 spiro atoms. The third kappa shape index (κ3) is 3.10. The van der Waals surface area contributed by atoms with Crippen LogP contribution in [-0.4, -0.2) is 51.0 Å². The van der Waals surface area contributed by atoms with E-state index in [1.165, 1.54) is 12.2 Å². The van der Waals surface area contributed by atoms with Crippen LogP contribution < -0.4 is 0 Å². The highest BCUT2D eigenvalue weighted by Crippen LogP contribution is 2.67. The average Bonchev–Trinajstić information content (AvgIpc) is 3.14. The Hall–Kier alpha value is -1.50. The Morgan fingerprint density at radius 2 is 1.79 bits per heavy atom. The third-order valence-electron chi connectivity index (χ3n) is 11.1. The number of carbonyl (C=O) groups excluding carboxylic acids is 2. The van der Waals surface area contributed by atoms with Crippen LogP contribution in [0.2, 0.25) is 0 Å². The van der Waals surface area contributed by atoms with E-state index in [1.54, 1.807) is 6.08 Å². The maximum atomic E-state index is 13.1. The van der Waals surface area contributed by atoms with Gasteiger partial charge in [0, 0.05) is 0 Å². The van der Waals surface area contributed by atoms with Gasteiger partial charge in [-0.2, -0.15) is 0 Å². The van der Waals surface area contributed by atoms with Gasteiger partial charge in [-0.25, -0.2) is 0 Å². The van der Waals surface area contributed by atoms with Crippen LogP contribution in [0.1, 0.15) is 66.7 Å². The smallest absolute Gasteiger partial charge is 0.309 e. The second-order valence-corrected chi connectivity index (χ2v) is 12.6. The number of ether oxygens (including phenoxy) is 1. The molecule has 5 aliphatic rings. The van der Waals surface area contributed by atoms with Gasteiger partial charge in [0.05, 0.1) is 23.5 Å². The van der Waals surface area contributed by atoms with Crippen molar-refractivity contribution in [1.82, 2.24) is 0 Å². The first-order valence-corrected chi connectivity index (χ1v) is 13.1. The molecule has 0 bridgehead atoms. The van der Waals surface area contributed by atoms with Crippen LogP contribution in [0, 0.1) is 46.3 Å². The SMILES string of the molecule is C[C@H]1C[C@@H]([C@](C)(O)[C@H]2CC[C@@H]3[C@@H]4[C@@H](O)C=C5[C@@H](O)C=CC(=O)[C@]5(C)[C@H]4CC[C@@]32C)OC(=O)[C@@H]1C. The monoisotopic (exact) mass is 472 g/mol. The maximum Gasteiger partial charge on any atom is 0.309 e. The minimum atomic E-state index is -1.16. The predicted octanol–water partition coefficient (Wildman–Crippen LogP) is 3.19. The van der Waals surface area contributed by atoms with Crippen LogP contribution in [0.3, 0.4) is 0 Å². The average molecular weight is 473 g/mol. The van der Waals surface area contributed by atoms with Gasteiger partial charge in [0.15, 0.2) is 5.78 Å². The summed E-state index contributed by atoms with van der Waals surface area (Å²) >= 11 is 0. The Morgan fingerprint density at radius 1 is 1.09 bits per heavy atom. The number of ketones is 1. The second-order valence-electron chi connectivity index (χ2n) is 12.6. The number of hydrogen-bond donors (Lipinski definition) is 3. The second kappa shape index (κ2) is 7.75. The molecule has 3 fully saturated rings. The third-order valence-corrected chi connectivity index (χ3v) is 11.1. The van der Waals surface area contributed by atoms with E-state index in [-0.39, 0.29) is 52.7 Å². The molecule has 5 rings (SSSR count). The van der Waals surface area contributed by atoms with Crippen LogP contribution in [0.4, 0.5) is 0 Å². The highest BCUT2D eigenvalue weighted by Gasteiger charge is 2.65. The van der Waals surface area contributed by atoms with Crippen molar-refractivity contribution in [3.8, 4) is 0 Å². The number of aliphatic hydroxyl groups excluding tert-OH is 2. The van der Waals surface area contributed by atoms with Crippen LogP contribution >= 0.6 is 0 Å². The van der Waals surface area contributed by atoms with Crippen molar-refractivity contribution in [3.63, 3.8) is 0 Å². The van der Waals surface area contributed by atoms with Gasteiger partial charge in [0.25, 0.3) is 0 Å². The molecule has 0 aromatic rings. The Balaban J connectivity index is 1.47. The highest BCUT2D eigenvalue weighted by atomic mass is 16.6. The van der Waals surface area contributed by atoms with Gasteiger partial charge in [0.2, 0.25) is 0 Å². The Morgan fingerprint density at radius 3 is 2.47 bits per heavy atom. The quantitative estimate of drug-likeness (QED) is 0.421. The van der Waals surface area contributed by atoms with Gasteiger partial charge in [-0.1, -0.05) is 26.8 Å². The molecule has 188 valence electrons. The van der Waals surface area contributed by atoms with Gasteiger partial charge in [-0.15, -0.1) is 0 Å². The zero-order chi connectivity index (χ0) is 24.8. The number of fused-ring (bicyclic) bond motifs is 5. The zero-order valence-electron chi connectivity index (χ0n) is 21.0. The van der Waals surface area contributed by atoms with Gasteiger partial charge in [0.1, 0.15) is 11.7 Å². The largest absolute Gasteiger partial charge is 0.459 e. The Labute approximate surface area is 202 Å². The lowest BCUT2D eigenvalue weighted by molar-refractivity contribution is -0.202. The summed E-state index contributed by atoms with van der Waals surface area (Å²) in [6.07, 6.45) is 6.53. The van der Waals surface area contributed by atoms with Crippen molar-refractivity contribution in [2.24, 2.45) is 46.3 Å². The highest BCUT2D eigenvalue weighted by molar-refractivity contribution is 5.99. The van der Waals surface area contributed by atoms with Crippen LogP contribution in [0.5, 0.6) is 0 Å². The van der Waals surface area contributed by atoms with Gasteiger partial charge in [-0.05, 0) is 98.7 Å². The van der Waals surface area contributed by atoms with E-state index in [4.69, 9.17) is 4.74 Å². The van der Waals surface area contributed by atoms with Crippen molar-refractivity contribution < 1.29 is 29.6 Å². The fourth-order valence-corrected chi connectivity index (χ4v) is 8.83. The molecule has 0 unspecified atom stereocenters. The van der Waals surface area contributed by atoms with Gasteiger partial charge >= 0.3 is 5.97 Å². The van der Waals surface area contributed by atoms with E-state index in [0.717, 1.165) is 25.7 Å². The standard InChI is InChI=1S/C28H40O6/c1-14-12-23(34-25(32)15(14)2)28(5,33)21-8-6-16-24-17(10-11-26(16,21)3)27(4)18(13-20(24)30)19(29)7-9-22(27)31/h7,9,13-17,19-21,23-24,29-30,33H,6,8,10-12H2,1-5H3/t14-,15+,16+,17-,19-,20-,21-,23-,24-,26-,27+,28+/m0/s1. The number of esters is 1. The van der Waals surface area contributed by atoms with E-state index in [1.807, 2.05) is 27.7 Å². The first-order valence-electron chi connectivity index (χ1n) is 13.1. The molecule has 0 amide bonds. The molecule has 1 saturated heterocycles. The molecule has 3 N–H and O–H groups in total. The molecular weight excluding hydrogens is 432 g/mol. The summed E-state index contributed by atoms with van der Waals surface area (Å²) in [6, 6.07) is 0. The van der Waals surface area contributed by atoms with Crippen molar-refractivity contribution >= 4 is 11.8 Å². The zero-order valence-corrected chi connectivity index (χ0v) is 21.0. The summed E-state index contributed by atoms with van der Waals surface area (Å²) in [7, 11) is 0. The van der Waals surface area contributed by atoms with Crippen LogP contribution in [0.15, 0.2) is 23.8 Å². The van der Waals surface area contributed by atoms with E-state index in [0.29, 0.717) is 12.0 Å². The number of hydrogen-bond acceptors (Lipinski definition) is 6. The molecule has 6 nitrogen and oxygen atoms in total. The molecule has 1 aliphatic heterocycles. The number of aliphatic hydroxyl groups is 3. The fraction of sp³-hybridized carbons (Fsp3) is 0.786. The van der Waals surface area contributed by atoms with Crippen molar-refractivity contribution in [1.29, 1.82) is 0 Å². The van der Waals surface area contributed by atoms with Crippen molar-refractivity contribution in [2.75, 3.05) is 0 Å². The first-order chi connectivity index (χ1) is 15.8. The van der Waals surface area contributed by atoms with E-state index in [9.17, 15) is 24.9 Å². The molecule has 1 heterocycles. The fourth-order valence-electron chi connectivity index (χ4n) is 8.83. The Bertz CT molecular complexity index is 951. The maximum absolute atomic E-state index is 13.1. The van der Waals surface area contributed by atoms with Crippen LogP contribution in [0.25, 0.3) is 0 Å². The summed E-state index contributed by atoms with van der Waals surface area (Å²) in [5, 5.41) is 33.8. The first kappa shape index (κ1) is 24.2. The molecule has 2 saturated carbocycles. The normalized spacial score (nSPS) is 52.1. The summed E-state index contributed by atoms with van der Waals surface area (Å²) in [5.74, 6) is -0.323. The lowest BCUT2D eigenvalue weighted by Crippen LogP contribution is -2.60. The lowest BCUT2D eigenvalue weighted by atomic mass is 9.46. The molecule has 0 aromatic heterocycles. The Kier molecular flexibility index (Phi) is 5.52. The molecule has 0 radical (unpaired) electrons. The molecule has 12 atom stereocenters. The number of cyclic esters (lactones) is 1. The lowest BCUT2D eigenvalue weighted by Gasteiger charge is -2.59. The molecule has 4 aliphatic carbocycles. The minimum Gasteiger partial charge on any atom is -0.459 e. The number of carbonyl (C=O) groups is 2. The summed E-state index contributed by atoms with van der Waals surface area (Å²) in [4.78, 5) is 25.6. The van der Waals surface area contributed by atoms with Gasteiger partial charge in [-0.3, -0.25) is 9.59 Å². The van der Waals surface area contributed by atoms with E-state index < -0.39 is 29.3 Å². The minimum absolute atomic E-state index is 0.00771. The van der Waals surface area contributed by atoms with E-state index >= 15 is 0 Å². The predicted molar refractivity (Wildman–Crippen MR) is 126 cm³/mol. The van der Waals surface area contributed by atoms with Gasteiger partial charge < -0.3 is 20.1 Å². The molecule has 34 heavy (non-hydrogen) atoms. The molecule has 0 aromatic carbocycles. The summed E-state index contributed by atoms with van der Waals surface area (Å²) in [5.41, 5.74) is -1.57. The molecular formula is C28H40O6. The molecule has 6 heteroatoms. The number of allylic oxidation sites excluding steroid dienone is 1. The van der Waals surface area contributed by atoms with Crippen molar-refractivity contribution in [2.45, 2.75) is 90.6 Å². The van der Waals surface area contributed by atoms with Crippen LogP contribution in [-0.2, 0) is 14.3 Å².